The largest absolute Gasteiger partial charge is 3.00 e. The summed E-state index contributed by atoms with van der Waals surface area (Å²) in [4.78, 5) is 0. The van der Waals surface area contributed by atoms with Crippen molar-refractivity contribution in [3.63, 3.8) is 0 Å². The molecule has 0 amide bonds. The van der Waals surface area contributed by atoms with Gasteiger partial charge in [-0.2, -0.15) is 0 Å². The first-order valence-electron chi connectivity index (χ1n) is 16.3. The van der Waals surface area contributed by atoms with Crippen molar-refractivity contribution in [2.45, 2.75) is 122 Å². The van der Waals surface area contributed by atoms with Gasteiger partial charge in [0.2, 0.25) is 0 Å². The van der Waals surface area contributed by atoms with Crippen LogP contribution in [0.4, 0.5) is 0 Å². The maximum absolute atomic E-state index is 5.44. The topological polar surface area (TPSA) is 55.4 Å². The third-order valence-electron chi connectivity index (χ3n) is 5.67. The second kappa shape index (κ2) is 33.5. The van der Waals surface area contributed by atoms with Crippen molar-refractivity contribution in [3.05, 3.63) is 0 Å². The van der Waals surface area contributed by atoms with Crippen LogP contribution in [-0.4, -0.2) is 64.1 Å². The molecule has 2 radical (unpaired) electrons. The van der Waals surface area contributed by atoms with Gasteiger partial charge in [-0.15, -0.1) is 0 Å². The van der Waals surface area contributed by atoms with Gasteiger partial charge in [0.05, 0.1) is 39.6 Å². The molecule has 0 spiro atoms. The monoisotopic (exact) mass is 928 g/mol. The van der Waals surface area contributed by atoms with Crippen LogP contribution >= 0.6 is 18.4 Å². The first-order chi connectivity index (χ1) is 20.5. The maximum Gasteiger partial charge on any atom is 3.00 e. The second-order valence-corrected chi connectivity index (χ2v) is 28.4. The van der Waals surface area contributed by atoms with Gasteiger partial charge < -0.3 is 73.5 Å². The summed E-state index contributed by atoms with van der Waals surface area (Å²) in [7, 11) is 0. The van der Waals surface area contributed by atoms with Crippen LogP contribution in [0.2, 0.25) is 0 Å². The standard InChI is InChI=1S/3C10H23O2PS2.Sb/c3*1-9(2)5-7-11-13(14,15)12-8-6-10(3)4;/h3*9-10H,5-8H2,1-4H3,(H,14,15);/q;;;+3/p-3. The summed E-state index contributed by atoms with van der Waals surface area (Å²) < 4.78 is 32.6. The van der Waals surface area contributed by atoms with E-state index in [-0.39, 0.29) is 24.4 Å². The minimum atomic E-state index is -2.39. The summed E-state index contributed by atoms with van der Waals surface area (Å²) in [5.74, 6) is 3.70. The van der Waals surface area contributed by atoms with E-state index in [2.05, 4.69) is 83.1 Å². The molecule has 0 saturated heterocycles. The van der Waals surface area contributed by atoms with E-state index in [1.807, 2.05) is 0 Å². The van der Waals surface area contributed by atoms with Crippen LogP contribution in [0.3, 0.4) is 0 Å². The fraction of sp³-hybridized carbons (Fsp3) is 1.00. The average Bonchev–Trinajstić information content (AvgIpc) is 2.82. The normalized spacial score (nSPS) is 12.5. The van der Waals surface area contributed by atoms with E-state index in [4.69, 9.17) is 101 Å². The molecule has 0 aromatic rings. The van der Waals surface area contributed by atoms with E-state index in [1.54, 1.807) is 0 Å². The summed E-state index contributed by atoms with van der Waals surface area (Å²) >= 11 is 30.8. The zero-order valence-electron chi connectivity index (χ0n) is 30.6. The van der Waals surface area contributed by atoms with E-state index in [1.165, 1.54) is 0 Å². The molecule has 0 atom stereocenters. The predicted molar refractivity (Wildman–Crippen MR) is 223 cm³/mol. The van der Waals surface area contributed by atoms with Crippen LogP contribution in [0.5, 0.6) is 0 Å². The minimum Gasteiger partial charge on any atom is -0.516 e. The molecule has 0 saturated carbocycles. The molecule has 0 N–H and O–H groups in total. The van der Waals surface area contributed by atoms with Crippen LogP contribution in [0.15, 0.2) is 0 Å². The third kappa shape index (κ3) is 50.1. The van der Waals surface area contributed by atoms with Crippen LogP contribution in [0.1, 0.15) is 122 Å². The molecule has 6 nitrogen and oxygen atoms in total. The van der Waals surface area contributed by atoms with Gasteiger partial charge in [0, 0.05) is 18.4 Å². The quantitative estimate of drug-likeness (QED) is 0.0526. The van der Waals surface area contributed by atoms with Gasteiger partial charge in [-0.05, 0) is 74.0 Å². The summed E-state index contributed by atoms with van der Waals surface area (Å²) in [6.07, 6.45) is -1.23. The molecule has 0 aromatic heterocycles. The molecule has 0 aliphatic rings. The van der Waals surface area contributed by atoms with Crippen molar-refractivity contribution in [1.82, 2.24) is 0 Å². The van der Waals surface area contributed by atoms with Crippen LogP contribution in [0.25, 0.3) is 0 Å². The predicted octanol–water partition coefficient (Wildman–Crippen LogP) is 11.3. The number of rotatable bonds is 24. The Morgan fingerprint density at radius 1 is 0.304 bits per heavy atom. The Morgan fingerprint density at radius 3 is 0.500 bits per heavy atom. The third-order valence-corrected chi connectivity index (χ3v) is 12.5. The first-order valence-corrected chi connectivity index (χ1v) is 27.3. The molecule has 0 aliphatic heterocycles. The van der Waals surface area contributed by atoms with Gasteiger partial charge in [0.25, 0.3) is 0 Å². The fourth-order valence-corrected chi connectivity index (χ4v) is 7.39. The minimum absolute atomic E-state index is 0. The molecule has 0 rings (SSSR count). The molecular weight excluding hydrogens is 863 g/mol. The fourth-order valence-electron chi connectivity index (χ4n) is 2.51. The Hall–Kier alpha value is 3.97. The van der Waals surface area contributed by atoms with Gasteiger partial charge in [0.15, 0.2) is 0 Å². The van der Waals surface area contributed by atoms with Crippen molar-refractivity contribution in [3.8, 4) is 0 Å². The SMILES string of the molecule is CC(C)CCO[P+]([S-])([S-])OCCC(C)C.CC(C)CCO[P+]([S-])([S-])OCCC(C)C.CC(C)CCO[P+]([S-])([S-])OCCC(C)C.[Sb+3]. The molecule has 0 aromatic carbocycles. The van der Waals surface area contributed by atoms with Crippen molar-refractivity contribution in [1.29, 1.82) is 0 Å². The van der Waals surface area contributed by atoms with Crippen molar-refractivity contribution in [2.75, 3.05) is 39.6 Å². The zero-order chi connectivity index (χ0) is 35.7. The summed E-state index contributed by atoms with van der Waals surface area (Å²) in [6, 6.07) is 0. The maximum atomic E-state index is 5.44. The molecule has 0 fully saturated rings. The first kappa shape index (κ1) is 56.7. The Balaban J connectivity index is -0.000000285. The number of hydrogen-bond acceptors (Lipinski definition) is 12. The molecule has 0 bridgehead atoms. The van der Waals surface area contributed by atoms with E-state index >= 15 is 0 Å². The van der Waals surface area contributed by atoms with Crippen LogP contribution < -0.4 is 0 Å². The van der Waals surface area contributed by atoms with E-state index < -0.39 is 18.4 Å². The Labute approximate surface area is 337 Å². The average molecular weight is 930 g/mol. The van der Waals surface area contributed by atoms with E-state index in [0.717, 1.165) is 38.5 Å². The van der Waals surface area contributed by atoms with Crippen molar-refractivity contribution >= 4 is 116 Å². The van der Waals surface area contributed by atoms with Crippen molar-refractivity contribution < 1.29 is 27.1 Å². The van der Waals surface area contributed by atoms with Crippen LogP contribution in [-0.2, 0) is 101 Å². The Morgan fingerprint density at radius 2 is 0.413 bits per heavy atom. The summed E-state index contributed by atoms with van der Waals surface area (Å²) in [5.41, 5.74) is 0. The molecule has 0 heterocycles. The molecular formula is C30H66O6P3S6Sb. The van der Waals surface area contributed by atoms with Crippen molar-refractivity contribution in [2.24, 2.45) is 35.5 Å². The molecule has 16 heteroatoms. The Bertz CT molecular complexity index is 535. The number of hydrogen-bond donors (Lipinski definition) is 0. The molecule has 0 aliphatic carbocycles. The molecule has 278 valence electrons. The van der Waals surface area contributed by atoms with Gasteiger partial charge in [-0.25, -0.2) is 0 Å². The second-order valence-electron chi connectivity index (χ2n) is 13.4. The van der Waals surface area contributed by atoms with Gasteiger partial charge in [0.1, 0.15) is 0 Å². The smallest absolute Gasteiger partial charge is 0.516 e. The van der Waals surface area contributed by atoms with Gasteiger partial charge >= 0.3 is 24.4 Å². The molecule has 0 unspecified atom stereocenters. The Kier molecular flexibility index (Phi) is 41.3. The molecule has 46 heavy (non-hydrogen) atoms. The summed E-state index contributed by atoms with van der Waals surface area (Å²) in [5, 5.41) is 0. The summed E-state index contributed by atoms with van der Waals surface area (Å²) in [6.45, 7) is 29.5. The van der Waals surface area contributed by atoms with Crippen LogP contribution in [0, 0.1) is 35.5 Å². The zero-order valence-corrected chi connectivity index (χ0v) is 40.8. The van der Waals surface area contributed by atoms with Gasteiger partial charge in [-0.1, -0.05) is 83.1 Å². The van der Waals surface area contributed by atoms with E-state index in [0.29, 0.717) is 75.1 Å². The van der Waals surface area contributed by atoms with E-state index in [9.17, 15) is 0 Å². The van der Waals surface area contributed by atoms with Gasteiger partial charge in [-0.3, -0.25) is 27.1 Å².